The Balaban J connectivity index is 2.18. The van der Waals surface area contributed by atoms with Crippen LogP contribution in [0, 0.1) is 0 Å². The molecule has 0 aliphatic carbocycles. The number of rotatable bonds is 7. The van der Waals surface area contributed by atoms with Gasteiger partial charge in [-0.25, -0.2) is 9.98 Å². The van der Waals surface area contributed by atoms with Crippen LogP contribution in [0.15, 0.2) is 78.3 Å². The third kappa shape index (κ3) is 5.84. The van der Waals surface area contributed by atoms with Crippen molar-refractivity contribution in [2.45, 2.75) is 23.6 Å². The largest absolute Gasteiger partial charge is 0.226 e. The Hall–Kier alpha value is -2.10. The van der Waals surface area contributed by atoms with E-state index in [0.29, 0.717) is 13.1 Å². The lowest BCUT2D eigenvalue weighted by molar-refractivity contribution is 1.14. The topological polar surface area (TPSA) is 49.4 Å². The molecule has 0 spiro atoms. The molecule has 0 radical (unpaired) electrons. The first kappa shape index (κ1) is 18.2. The molecule has 0 aliphatic heterocycles. The predicted octanol–water partition coefficient (Wildman–Crippen LogP) is 6.14. The summed E-state index contributed by atoms with van der Waals surface area (Å²) in [4.78, 5) is 18.7. The van der Waals surface area contributed by atoms with Gasteiger partial charge in [-0.1, -0.05) is 45.9 Å². The minimum Gasteiger partial charge on any atom is -0.226 e. The number of nitrogens with zero attached hydrogens (tertiary/aromatic N) is 4. The maximum atomic E-state index is 4.29. The number of para-hydroxylation sites is 2. The van der Waals surface area contributed by atoms with Gasteiger partial charge in [0.15, 0.2) is 0 Å². The van der Waals surface area contributed by atoms with Gasteiger partial charge in [-0.3, -0.25) is 0 Å². The molecule has 0 amide bonds. The van der Waals surface area contributed by atoms with Crippen LogP contribution in [0.1, 0.15) is 13.8 Å². The smallest absolute Gasteiger partial charge is 0.0949 e. The third-order valence-corrected chi connectivity index (χ3v) is 5.21. The van der Waals surface area contributed by atoms with Crippen LogP contribution in [0.5, 0.6) is 0 Å². The van der Waals surface area contributed by atoms with Crippen LogP contribution in [0.4, 0.5) is 11.4 Å². The summed E-state index contributed by atoms with van der Waals surface area (Å²) in [5, 5.41) is 0. The maximum absolute atomic E-state index is 4.29. The first-order chi connectivity index (χ1) is 11.8. The molecular formula is C18H18N4S2. The normalized spacial score (nSPS) is 9.58. The van der Waals surface area contributed by atoms with Crippen molar-refractivity contribution in [2.24, 2.45) is 20.0 Å². The molecule has 0 heterocycles. The highest BCUT2D eigenvalue weighted by Crippen LogP contribution is 2.44. The molecule has 0 fully saturated rings. The SMILES string of the molecule is CCN=C=Nc1ccccc1SSc1ccccc1N=C=NCC. The van der Waals surface area contributed by atoms with Crippen molar-refractivity contribution in [3.63, 3.8) is 0 Å². The highest BCUT2D eigenvalue weighted by atomic mass is 33.1. The summed E-state index contributed by atoms with van der Waals surface area (Å²) in [5.41, 5.74) is 1.72. The molecule has 2 aromatic rings. The standard InChI is InChI=1S/C18H18N4S2/c1-3-19-13-21-15-9-5-7-11-17(15)23-24-18-12-8-6-10-16(18)22-14-20-4-2/h5-12H,3-4H2,1-2H3. The Kier molecular flexibility index (Phi) is 8.08. The summed E-state index contributed by atoms with van der Waals surface area (Å²) < 4.78 is 0. The van der Waals surface area contributed by atoms with E-state index in [2.05, 4.69) is 32.0 Å². The second-order valence-corrected chi connectivity index (χ2v) is 6.69. The molecule has 2 rings (SSSR count). The van der Waals surface area contributed by atoms with E-state index in [-0.39, 0.29) is 0 Å². The van der Waals surface area contributed by atoms with Crippen LogP contribution in [0.25, 0.3) is 0 Å². The second-order valence-electron chi connectivity index (χ2n) is 4.47. The van der Waals surface area contributed by atoms with Crippen LogP contribution < -0.4 is 0 Å². The lowest BCUT2D eigenvalue weighted by atomic mass is 10.3. The summed E-state index contributed by atoms with van der Waals surface area (Å²) >= 11 is 0. The van der Waals surface area contributed by atoms with E-state index in [4.69, 9.17) is 0 Å². The van der Waals surface area contributed by atoms with Crippen molar-refractivity contribution in [3.05, 3.63) is 48.5 Å². The molecule has 24 heavy (non-hydrogen) atoms. The molecule has 0 bridgehead atoms. The predicted molar refractivity (Wildman–Crippen MR) is 105 cm³/mol. The molecule has 0 aromatic heterocycles. The van der Waals surface area contributed by atoms with Crippen LogP contribution in [-0.4, -0.2) is 25.1 Å². The highest BCUT2D eigenvalue weighted by Gasteiger charge is 2.06. The molecule has 0 unspecified atom stereocenters. The van der Waals surface area contributed by atoms with Crippen molar-refractivity contribution < 1.29 is 0 Å². The first-order valence-electron chi connectivity index (χ1n) is 7.62. The van der Waals surface area contributed by atoms with E-state index in [9.17, 15) is 0 Å². The van der Waals surface area contributed by atoms with Gasteiger partial charge < -0.3 is 0 Å². The lowest BCUT2D eigenvalue weighted by Crippen LogP contribution is -1.74. The molecule has 122 valence electrons. The fourth-order valence-corrected chi connectivity index (χ4v) is 3.88. The summed E-state index contributed by atoms with van der Waals surface area (Å²) in [5.74, 6) is 0. The van der Waals surface area contributed by atoms with E-state index in [1.165, 1.54) is 0 Å². The van der Waals surface area contributed by atoms with E-state index in [1.807, 2.05) is 62.4 Å². The van der Waals surface area contributed by atoms with Gasteiger partial charge in [-0.15, -0.1) is 0 Å². The fourth-order valence-electron chi connectivity index (χ4n) is 1.65. The van der Waals surface area contributed by atoms with Gasteiger partial charge in [0.2, 0.25) is 0 Å². The summed E-state index contributed by atoms with van der Waals surface area (Å²) in [7, 11) is 3.27. The molecule has 2 aromatic carbocycles. The Labute approximate surface area is 150 Å². The van der Waals surface area contributed by atoms with Gasteiger partial charge in [-0.05, 0) is 38.1 Å². The van der Waals surface area contributed by atoms with Crippen molar-refractivity contribution in [1.82, 2.24) is 0 Å². The molecule has 0 saturated carbocycles. The van der Waals surface area contributed by atoms with Gasteiger partial charge in [0.25, 0.3) is 0 Å². The zero-order chi connectivity index (χ0) is 17.0. The van der Waals surface area contributed by atoms with Crippen molar-refractivity contribution in [3.8, 4) is 0 Å². The monoisotopic (exact) mass is 354 g/mol. The van der Waals surface area contributed by atoms with Crippen molar-refractivity contribution >= 4 is 45.0 Å². The van der Waals surface area contributed by atoms with Gasteiger partial charge in [0.05, 0.1) is 23.4 Å². The summed E-state index contributed by atoms with van der Waals surface area (Å²) in [6, 6.07) is 21.3. The van der Waals surface area contributed by atoms with Crippen LogP contribution >= 0.6 is 21.6 Å². The van der Waals surface area contributed by atoms with Crippen LogP contribution in [0.2, 0.25) is 0 Å². The lowest BCUT2D eigenvalue weighted by Gasteiger charge is -2.05. The number of benzene rings is 2. The Morgan fingerprint density at radius 3 is 1.54 bits per heavy atom. The van der Waals surface area contributed by atoms with Gasteiger partial charge >= 0.3 is 0 Å². The van der Waals surface area contributed by atoms with E-state index in [0.717, 1.165) is 21.2 Å². The molecule has 0 aliphatic rings. The molecule has 0 N–H and O–H groups in total. The van der Waals surface area contributed by atoms with Gasteiger partial charge in [0.1, 0.15) is 0 Å². The highest BCUT2D eigenvalue weighted by molar-refractivity contribution is 8.76. The van der Waals surface area contributed by atoms with Gasteiger partial charge in [0, 0.05) is 22.9 Å². The van der Waals surface area contributed by atoms with E-state index >= 15 is 0 Å². The van der Waals surface area contributed by atoms with Gasteiger partial charge in [-0.2, -0.15) is 9.98 Å². The fraction of sp³-hybridized carbons (Fsp3) is 0.222. The first-order valence-corrected chi connectivity index (χ1v) is 9.77. The van der Waals surface area contributed by atoms with Crippen molar-refractivity contribution in [1.29, 1.82) is 0 Å². The number of aliphatic imine (C=N–C) groups is 4. The van der Waals surface area contributed by atoms with Crippen LogP contribution in [-0.2, 0) is 0 Å². The zero-order valence-electron chi connectivity index (χ0n) is 13.6. The third-order valence-electron chi connectivity index (χ3n) is 2.75. The maximum Gasteiger partial charge on any atom is 0.0949 e. The minimum absolute atomic E-state index is 0.679. The molecule has 4 nitrogen and oxygen atoms in total. The Morgan fingerprint density at radius 1 is 0.708 bits per heavy atom. The second kappa shape index (κ2) is 10.6. The van der Waals surface area contributed by atoms with Crippen molar-refractivity contribution in [2.75, 3.05) is 13.1 Å². The molecular weight excluding hydrogens is 336 g/mol. The zero-order valence-corrected chi connectivity index (χ0v) is 15.3. The quantitative estimate of drug-likeness (QED) is 0.443. The minimum atomic E-state index is 0.679. The van der Waals surface area contributed by atoms with E-state index in [1.54, 1.807) is 21.6 Å². The number of hydrogen-bond acceptors (Lipinski definition) is 6. The average Bonchev–Trinajstić information content (AvgIpc) is 2.62. The Bertz CT molecular complexity index is 722. The average molecular weight is 355 g/mol. The molecule has 6 heteroatoms. The number of hydrogen-bond donors (Lipinski definition) is 0. The van der Waals surface area contributed by atoms with E-state index < -0.39 is 0 Å². The molecule has 0 saturated heterocycles. The molecule has 0 atom stereocenters. The van der Waals surface area contributed by atoms with Crippen LogP contribution in [0.3, 0.4) is 0 Å². The Morgan fingerprint density at radius 2 is 1.12 bits per heavy atom. The summed E-state index contributed by atoms with van der Waals surface area (Å²) in [6.07, 6.45) is 0. The summed E-state index contributed by atoms with van der Waals surface area (Å²) in [6.45, 7) is 5.27.